The number of hydrogen-bond acceptors (Lipinski definition) is 1. The topological polar surface area (TPSA) is 37.3 Å². The van der Waals surface area contributed by atoms with Gasteiger partial charge in [0.05, 0.1) is 0 Å². The predicted molar refractivity (Wildman–Crippen MR) is 37.5 cm³/mol. The molecule has 0 fully saturated rings. The minimum absolute atomic E-state index is 0. The van der Waals surface area contributed by atoms with Crippen LogP contribution in [-0.2, 0) is 4.79 Å². The Morgan fingerprint density at radius 3 is 2.67 bits per heavy atom. The number of allylic oxidation sites excluding steroid dienone is 3. The summed E-state index contributed by atoms with van der Waals surface area (Å²) < 4.78 is 0. The third-order valence-electron chi connectivity index (χ3n) is 1.05. The summed E-state index contributed by atoms with van der Waals surface area (Å²) in [5, 5.41) is 8.30. The zero-order valence-electron chi connectivity index (χ0n) is 7.00. The van der Waals surface area contributed by atoms with Crippen molar-refractivity contribution in [3.05, 3.63) is 23.8 Å². The van der Waals surface area contributed by atoms with Crippen molar-refractivity contribution in [1.29, 1.82) is 0 Å². The van der Waals surface area contributed by atoms with Crippen LogP contribution in [0.25, 0.3) is 0 Å². The minimum atomic E-state index is -0.810. The van der Waals surface area contributed by atoms with Gasteiger partial charge in [0.1, 0.15) is 0 Å². The molecule has 0 aromatic rings. The molecule has 1 rings (SSSR count). The standard InChI is InChI=1S/C6H6O2.Ca.2H/c7-6(8)5-3-1-2-4-5;;;/h1-3H,4H2,(H,7,8);;;/q;+2;2*-1. The number of carboxylic acid groups (broad SMARTS) is 1. The van der Waals surface area contributed by atoms with Crippen LogP contribution >= 0.6 is 0 Å². The van der Waals surface area contributed by atoms with Gasteiger partial charge in [-0.15, -0.1) is 0 Å². The van der Waals surface area contributed by atoms with Crippen molar-refractivity contribution in [1.82, 2.24) is 0 Å². The van der Waals surface area contributed by atoms with Gasteiger partial charge in [-0.3, -0.25) is 0 Å². The predicted octanol–water partition coefficient (Wildman–Crippen LogP) is 0.802. The summed E-state index contributed by atoms with van der Waals surface area (Å²) in [5.74, 6) is -0.810. The van der Waals surface area contributed by atoms with Crippen LogP contribution in [0.5, 0.6) is 0 Å². The maximum atomic E-state index is 10.1. The molecule has 1 aliphatic carbocycles. The number of carboxylic acids is 1. The van der Waals surface area contributed by atoms with Gasteiger partial charge in [0.15, 0.2) is 0 Å². The zero-order valence-corrected chi connectivity index (χ0v) is 7.21. The molecule has 9 heavy (non-hydrogen) atoms. The Bertz CT molecular complexity index is 177. The number of hydrogen-bond donors (Lipinski definition) is 1. The van der Waals surface area contributed by atoms with E-state index in [1.807, 2.05) is 6.08 Å². The monoisotopic (exact) mass is 152 g/mol. The molecule has 0 unspecified atom stereocenters. The Hall–Kier alpha value is 0.210. The summed E-state index contributed by atoms with van der Waals surface area (Å²) in [6, 6.07) is 0. The molecule has 0 amide bonds. The first-order valence-electron chi connectivity index (χ1n) is 2.39. The second kappa shape index (κ2) is 4.09. The van der Waals surface area contributed by atoms with E-state index in [1.54, 1.807) is 12.2 Å². The van der Waals surface area contributed by atoms with Crippen LogP contribution in [0.15, 0.2) is 23.8 Å². The Morgan fingerprint density at radius 1 is 1.78 bits per heavy atom. The number of aliphatic carboxylic acids is 1. The van der Waals surface area contributed by atoms with E-state index in [9.17, 15) is 4.79 Å². The first-order valence-corrected chi connectivity index (χ1v) is 2.39. The summed E-state index contributed by atoms with van der Waals surface area (Å²) in [6.45, 7) is 0. The molecular weight excluding hydrogens is 144 g/mol. The smallest absolute Gasteiger partial charge is 1.00 e. The summed E-state index contributed by atoms with van der Waals surface area (Å²) in [6.07, 6.45) is 5.77. The number of rotatable bonds is 1. The van der Waals surface area contributed by atoms with Crippen molar-refractivity contribution >= 4 is 43.7 Å². The second-order valence-electron chi connectivity index (χ2n) is 1.63. The first-order chi connectivity index (χ1) is 3.80. The fraction of sp³-hybridized carbons (Fsp3) is 0.167. The summed E-state index contributed by atoms with van der Waals surface area (Å²) in [4.78, 5) is 10.1. The van der Waals surface area contributed by atoms with Gasteiger partial charge < -0.3 is 7.96 Å². The van der Waals surface area contributed by atoms with Crippen molar-refractivity contribution in [2.75, 3.05) is 0 Å². The molecule has 0 radical (unpaired) electrons. The van der Waals surface area contributed by atoms with E-state index >= 15 is 0 Å². The Balaban J connectivity index is -0.000000213. The zero-order chi connectivity index (χ0) is 5.98. The van der Waals surface area contributed by atoms with Crippen LogP contribution in [-0.4, -0.2) is 48.8 Å². The molecule has 0 spiro atoms. The van der Waals surface area contributed by atoms with Gasteiger partial charge in [-0.25, -0.2) is 4.79 Å². The quantitative estimate of drug-likeness (QED) is 0.564. The first kappa shape index (κ1) is 9.21. The van der Waals surface area contributed by atoms with Gasteiger partial charge in [-0.05, 0) is 6.42 Å². The van der Waals surface area contributed by atoms with Crippen LogP contribution in [0.3, 0.4) is 0 Å². The third-order valence-corrected chi connectivity index (χ3v) is 1.05. The molecule has 0 aromatic carbocycles. The summed E-state index contributed by atoms with van der Waals surface area (Å²) in [7, 11) is 0. The molecule has 0 aliphatic heterocycles. The fourth-order valence-corrected chi connectivity index (χ4v) is 0.606. The van der Waals surface area contributed by atoms with E-state index < -0.39 is 5.97 Å². The van der Waals surface area contributed by atoms with Crippen LogP contribution in [0.1, 0.15) is 9.27 Å². The SMILES string of the molecule is O=C(O)C1=CC=CC1.[Ca+2].[H-].[H-]. The maximum absolute atomic E-state index is 10.1. The Kier molecular flexibility index (Phi) is 4.19. The van der Waals surface area contributed by atoms with Gasteiger partial charge >= 0.3 is 43.7 Å². The fourth-order valence-electron chi connectivity index (χ4n) is 0.606. The second-order valence-corrected chi connectivity index (χ2v) is 1.63. The Labute approximate surface area is 86.2 Å². The van der Waals surface area contributed by atoms with Crippen LogP contribution < -0.4 is 0 Å². The van der Waals surface area contributed by atoms with Gasteiger partial charge in [-0.2, -0.15) is 0 Å². The number of carbonyl (C=O) groups is 1. The molecule has 0 saturated carbocycles. The van der Waals surface area contributed by atoms with Crippen molar-refractivity contribution in [3.63, 3.8) is 0 Å². The van der Waals surface area contributed by atoms with E-state index in [0.717, 1.165) is 0 Å². The average Bonchev–Trinajstić information content (AvgIpc) is 2.12. The van der Waals surface area contributed by atoms with E-state index in [2.05, 4.69) is 0 Å². The van der Waals surface area contributed by atoms with Crippen molar-refractivity contribution < 1.29 is 12.8 Å². The minimum Gasteiger partial charge on any atom is -1.00 e. The molecule has 0 aromatic heterocycles. The molecule has 3 heteroatoms. The third kappa shape index (κ3) is 2.52. The van der Waals surface area contributed by atoms with E-state index in [1.165, 1.54) is 0 Å². The van der Waals surface area contributed by atoms with Crippen molar-refractivity contribution in [2.45, 2.75) is 6.42 Å². The van der Waals surface area contributed by atoms with E-state index in [4.69, 9.17) is 5.11 Å². The molecule has 0 saturated heterocycles. The maximum Gasteiger partial charge on any atom is 2.00 e. The molecule has 46 valence electrons. The molecule has 0 bridgehead atoms. The molecule has 1 aliphatic rings. The normalized spacial score (nSPS) is 14.4. The van der Waals surface area contributed by atoms with Crippen molar-refractivity contribution in [2.24, 2.45) is 0 Å². The van der Waals surface area contributed by atoms with Crippen molar-refractivity contribution in [3.8, 4) is 0 Å². The average molecular weight is 152 g/mol. The van der Waals surface area contributed by atoms with Gasteiger partial charge in [0.25, 0.3) is 0 Å². The van der Waals surface area contributed by atoms with Gasteiger partial charge in [0, 0.05) is 5.57 Å². The molecule has 1 N–H and O–H groups in total. The molecular formula is C6H8CaO2. The molecule has 0 atom stereocenters. The molecule has 2 nitrogen and oxygen atoms in total. The van der Waals surface area contributed by atoms with E-state index in [0.29, 0.717) is 12.0 Å². The van der Waals surface area contributed by atoms with Gasteiger partial charge in [0.2, 0.25) is 0 Å². The van der Waals surface area contributed by atoms with Crippen LogP contribution in [0, 0.1) is 0 Å². The Morgan fingerprint density at radius 2 is 2.44 bits per heavy atom. The van der Waals surface area contributed by atoms with Crippen LogP contribution in [0.2, 0.25) is 0 Å². The van der Waals surface area contributed by atoms with E-state index in [-0.39, 0.29) is 40.6 Å². The van der Waals surface area contributed by atoms with Gasteiger partial charge in [-0.1, -0.05) is 18.2 Å². The largest absolute Gasteiger partial charge is 2.00 e. The summed E-state index contributed by atoms with van der Waals surface area (Å²) >= 11 is 0. The van der Waals surface area contributed by atoms with Crippen LogP contribution in [0.4, 0.5) is 0 Å². The summed E-state index contributed by atoms with van der Waals surface area (Å²) in [5.41, 5.74) is 0.477. The molecule has 0 heterocycles.